The van der Waals surface area contributed by atoms with E-state index in [2.05, 4.69) is 5.32 Å². The number of aryl methyl sites for hydroxylation is 1. The van der Waals surface area contributed by atoms with E-state index in [1.807, 2.05) is 6.92 Å². The van der Waals surface area contributed by atoms with E-state index in [-0.39, 0.29) is 17.8 Å². The van der Waals surface area contributed by atoms with Crippen LogP contribution in [0.25, 0.3) is 0 Å². The van der Waals surface area contributed by atoms with Crippen LogP contribution >= 0.6 is 0 Å². The van der Waals surface area contributed by atoms with E-state index in [1.54, 1.807) is 37.3 Å². The van der Waals surface area contributed by atoms with Gasteiger partial charge in [-0.1, -0.05) is 30.7 Å². The van der Waals surface area contributed by atoms with Crippen molar-refractivity contribution in [1.29, 1.82) is 0 Å². The number of carbonyl (C=O) groups excluding carboxylic acids is 1. The van der Waals surface area contributed by atoms with Gasteiger partial charge in [-0.3, -0.25) is 19.2 Å². The van der Waals surface area contributed by atoms with Gasteiger partial charge < -0.3 is 5.32 Å². The molecule has 0 saturated carbocycles. The summed E-state index contributed by atoms with van der Waals surface area (Å²) in [6.07, 6.45) is 1.27. The third-order valence-corrected chi connectivity index (χ3v) is 5.56. The van der Waals surface area contributed by atoms with Gasteiger partial charge >= 0.3 is 0 Å². The van der Waals surface area contributed by atoms with Gasteiger partial charge in [-0.15, -0.1) is 0 Å². The molecule has 0 fully saturated rings. The molecule has 28 heavy (non-hydrogen) atoms. The molecule has 0 radical (unpaired) electrons. The lowest BCUT2D eigenvalue weighted by Crippen LogP contribution is -2.47. The maximum absolute atomic E-state index is 12.9. The summed E-state index contributed by atoms with van der Waals surface area (Å²) in [5.41, 5.74) is 1.80. The minimum Gasteiger partial charge on any atom is -0.324 e. The van der Waals surface area contributed by atoms with Gasteiger partial charge in [0.15, 0.2) is 0 Å². The van der Waals surface area contributed by atoms with Crippen molar-refractivity contribution in [2.75, 3.05) is 15.9 Å². The van der Waals surface area contributed by atoms with Crippen LogP contribution in [0.3, 0.4) is 0 Å². The highest BCUT2D eigenvalue weighted by Gasteiger charge is 2.32. The van der Waals surface area contributed by atoms with Crippen molar-refractivity contribution in [3.8, 4) is 0 Å². The molecule has 0 spiro atoms. The van der Waals surface area contributed by atoms with Crippen molar-refractivity contribution in [3.63, 3.8) is 0 Å². The molecular formula is C19H23N3O5S. The molecule has 0 aliphatic rings. The van der Waals surface area contributed by atoms with Crippen LogP contribution < -0.4 is 9.62 Å². The van der Waals surface area contributed by atoms with Gasteiger partial charge in [0.1, 0.15) is 6.04 Å². The predicted octanol–water partition coefficient (Wildman–Crippen LogP) is 3.39. The van der Waals surface area contributed by atoms with Crippen molar-refractivity contribution in [1.82, 2.24) is 0 Å². The largest absolute Gasteiger partial charge is 0.324 e. The first kappa shape index (κ1) is 21.4. The number of nitrogens with zero attached hydrogens (tertiary/aromatic N) is 2. The quantitative estimate of drug-likeness (QED) is 0.561. The fourth-order valence-corrected chi connectivity index (χ4v) is 4.14. The minimum atomic E-state index is -3.75. The van der Waals surface area contributed by atoms with Gasteiger partial charge in [0.25, 0.3) is 5.69 Å². The Balaban J connectivity index is 2.41. The lowest BCUT2D eigenvalue weighted by molar-refractivity contribution is -0.385. The highest BCUT2D eigenvalue weighted by atomic mass is 32.2. The van der Waals surface area contributed by atoms with Gasteiger partial charge in [-0.05, 0) is 38.5 Å². The second-order valence-corrected chi connectivity index (χ2v) is 8.37. The molecule has 2 aromatic rings. The minimum absolute atomic E-state index is 0.121. The third-order valence-electron chi connectivity index (χ3n) is 4.38. The first-order valence-electron chi connectivity index (χ1n) is 8.67. The van der Waals surface area contributed by atoms with Crippen LogP contribution in [0.4, 0.5) is 17.1 Å². The molecular weight excluding hydrogens is 382 g/mol. The number of nitro groups is 1. The van der Waals surface area contributed by atoms with Crippen LogP contribution in [0.5, 0.6) is 0 Å². The number of nitrogens with one attached hydrogen (secondary N) is 1. The molecule has 1 N–H and O–H groups in total. The number of rotatable bonds is 7. The number of amides is 1. The van der Waals surface area contributed by atoms with Crippen LogP contribution in [-0.4, -0.2) is 31.5 Å². The van der Waals surface area contributed by atoms with Crippen molar-refractivity contribution in [2.24, 2.45) is 0 Å². The highest BCUT2D eigenvalue weighted by Crippen LogP contribution is 2.27. The van der Waals surface area contributed by atoms with E-state index >= 15 is 0 Å². The summed E-state index contributed by atoms with van der Waals surface area (Å²) in [6, 6.07) is 10.2. The van der Waals surface area contributed by atoms with Gasteiger partial charge in [0.2, 0.25) is 15.9 Å². The first-order valence-corrected chi connectivity index (χ1v) is 10.5. The molecule has 0 bridgehead atoms. The molecule has 2 aromatic carbocycles. The zero-order valence-corrected chi connectivity index (χ0v) is 17.0. The Labute approximate surface area is 164 Å². The van der Waals surface area contributed by atoms with Gasteiger partial charge in [-0.2, -0.15) is 0 Å². The van der Waals surface area contributed by atoms with E-state index in [4.69, 9.17) is 0 Å². The summed E-state index contributed by atoms with van der Waals surface area (Å²) < 4.78 is 26.0. The van der Waals surface area contributed by atoms with Gasteiger partial charge in [0, 0.05) is 6.07 Å². The topological polar surface area (TPSA) is 110 Å². The predicted molar refractivity (Wildman–Crippen MR) is 109 cm³/mol. The zero-order chi connectivity index (χ0) is 21.1. The van der Waals surface area contributed by atoms with Crippen LogP contribution in [-0.2, 0) is 14.8 Å². The second-order valence-electron chi connectivity index (χ2n) is 6.51. The van der Waals surface area contributed by atoms with E-state index in [1.165, 1.54) is 19.1 Å². The average Bonchev–Trinajstić information content (AvgIpc) is 2.61. The summed E-state index contributed by atoms with van der Waals surface area (Å²) in [6.45, 7) is 5.11. The van der Waals surface area contributed by atoms with E-state index in [9.17, 15) is 23.3 Å². The third kappa shape index (κ3) is 4.66. The molecule has 2 rings (SSSR count). The second kappa shape index (κ2) is 8.39. The summed E-state index contributed by atoms with van der Waals surface area (Å²) in [5, 5.41) is 13.7. The first-order chi connectivity index (χ1) is 13.1. The Morgan fingerprint density at radius 2 is 1.79 bits per heavy atom. The summed E-state index contributed by atoms with van der Waals surface area (Å²) in [4.78, 5) is 23.5. The van der Waals surface area contributed by atoms with Crippen molar-refractivity contribution < 1.29 is 18.1 Å². The fraction of sp³-hybridized carbons (Fsp3) is 0.316. The maximum Gasteiger partial charge on any atom is 0.274 e. The van der Waals surface area contributed by atoms with Gasteiger partial charge in [0.05, 0.1) is 28.1 Å². The molecule has 0 unspecified atom stereocenters. The van der Waals surface area contributed by atoms with Crippen LogP contribution in [0.1, 0.15) is 24.5 Å². The number of anilines is 2. The molecule has 0 saturated heterocycles. The molecule has 1 atom stereocenters. The smallest absolute Gasteiger partial charge is 0.274 e. The number of nitro benzene ring substituents is 1. The molecule has 0 aromatic heterocycles. The van der Waals surface area contributed by atoms with E-state index < -0.39 is 26.9 Å². The molecule has 8 nitrogen and oxygen atoms in total. The average molecular weight is 405 g/mol. The summed E-state index contributed by atoms with van der Waals surface area (Å²) in [7, 11) is -3.75. The Kier molecular flexibility index (Phi) is 6.40. The number of benzene rings is 2. The monoisotopic (exact) mass is 405 g/mol. The standard InChI is InChI=1S/C19H23N3O5S/c1-5-17(21(28(4,26)27)15-11-9-13(2)10-12-15)19(23)20-16-7-6-8-18(14(16)3)22(24)25/h6-12,17H,5H2,1-4H3,(H,20,23)/t17-/m0/s1. The number of hydrogen-bond acceptors (Lipinski definition) is 5. The summed E-state index contributed by atoms with van der Waals surface area (Å²) in [5.74, 6) is -0.558. The molecule has 0 aliphatic carbocycles. The van der Waals surface area contributed by atoms with Gasteiger partial charge in [-0.25, -0.2) is 8.42 Å². The number of carbonyl (C=O) groups is 1. The highest BCUT2D eigenvalue weighted by molar-refractivity contribution is 7.92. The van der Waals surface area contributed by atoms with Crippen LogP contribution in [0.15, 0.2) is 42.5 Å². The molecule has 0 heterocycles. The Bertz CT molecular complexity index is 987. The lowest BCUT2D eigenvalue weighted by atomic mass is 10.1. The van der Waals surface area contributed by atoms with E-state index in [0.29, 0.717) is 11.3 Å². The Morgan fingerprint density at radius 3 is 2.29 bits per heavy atom. The maximum atomic E-state index is 12.9. The molecule has 1 amide bonds. The van der Waals surface area contributed by atoms with E-state index in [0.717, 1.165) is 16.1 Å². The fourth-order valence-electron chi connectivity index (χ4n) is 2.92. The number of hydrogen-bond donors (Lipinski definition) is 1. The molecule has 0 aliphatic heterocycles. The Hall–Kier alpha value is -2.94. The lowest BCUT2D eigenvalue weighted by Gasteiger charge is -2.30. The van der Waals surface area contributed by atoms with Crippen molar-refractivity contribution in [2.45, 2.75) is 33.2 Å². The normalized spacial score (nSPS) is 12.3. The molecule has 150 valence electrons. The van der Waals surface area contributed by atoms with Crippen LogP contribution in [0.2, 0.25) is 0 Å². The van der Waals surface area contributed by atoms with Crippen molar-refractivity contribution >= 4 is 33.0 Å². The van der Waals surface area contributed by atoms with Crippen LogP contribution in [0, 0.1) is 24.0 Å². The number of sulfonamides is 1. The molecule has 9 heteroatoms. The Morgan fingerprint density at radius 1 is 1.18 bits per heavy atom. The zero-order valence-electron chi connectivity index (χ0n) is 16.2. The summed E-state index contributed by atoms with van der Waals surface area (Å²) >= 11 is 0. The SMILES string of the molecule is CC[C@@H](C(=O)Nc1cccc([N+](=O)[O-])c1C)N(c1ccc(C)cc1)S(C)(=O)=O. The van der Waals surface area contributed by atoms with Crippen molar-refractivity contribution in [3.05, 3.63) is 63.7 Å².